The maximum absolute atomic E-state index is 12.7. The lowest BCUT2D eigenvalue weighted by atomic mass is 10.2. The summed E-state index contributed by atoms with van der Waals surface area (Å²) in [6, 6.07) is 1.51. The fourth-order valence-corrected chi connectivity index (χ4v) is 4.86. The molecule has 0 bridgehead atoms. The van der Waals surface area contributed by atoms with E-state index in [0.717, 1.165) is 25.7 Å². The van der Waals surface area contributed by atoms with Gasteiger partial charge in [0.1, 0.15) is 10.6 Å². The third kappa shape index (κ3) is 3.15. The zero-order valence-corrected chi connectivity index (χ0v) is 14.3. The topological polar surface area (TPSA) is 88.6 Å². The average Bonchev–Trinajstić information content (AvgIpc) is 3.14. The van der Waals surface area contributed by atoms with Crippen LogP contribution in [0.2, 0.25) is 0 Å². The summed E-state index contributed by atoms with van der Waals surface area (Å²) in [7, 11) is -1.81. The van der Waals surface area contributed by atoms with Gasteiger partial charge in [0.15, 0.2) is 0 Å². The molecule has 23 heavy (non-hydrogen) atoms. The molecule has 0 radical (unpaired) electrons. The minimum absolute atomic E-state index is 0.00997. The molecule has 1 aromatic rings. The lowest BCUT2D eigenvalue weighted by Gasteiger charge is -2.25. The van der Waals surface area contributed by atoms with Gasteiger partial charge in [-0.2, -0.15) is 4.31 Å². The Balaban J connectivity index is 1.84. The van der Waals surface area contributed by atoms with Gasteiger partial charge in [0.2, 0.25) is 10.0 Å². The van der Waals surface area contributed by atoms with Crippen molar-refractivity contribution in [2.45, 2.75) is 36.6 Å². The van der Waals surface area contributed by atoms with Gasteiger partial charge in [0, 0.05) is 45.5 Å². The number of hydrogen-bond acceptors (Lipinski definition) is 4. The Morgan fingerprint density at radius 3 is 2.52 bits per heavy atom. The Labute approximate surface area is 137 Å². The number of piperidine rings is 1. The third-order valence-electron chi connectivity index (χ3n) is 4.66. The standard InChI is InChI=1S/C15H24N4O3S/c1-17-11-13(23(21,22)19-6-3-2-4-7-19)9-14(17)15(20)18-8-5-12(16)10-18/h9,11-12H,2-8,10,16H2,1H3/t12-/m1/s1. The molecule has 2 N–H and O–H groups in total. The van der Waals surface area contributed by atoms with Crippen molar-refractivity contribution in [3.8, 4) is 0 Å². The molecule has 128 valence electrons. The van der Waals surface area contributed by atoms with Crippen LogP contribution in [0.25, 0.3) is 0 Å². The summed E-state index contributed by atoms with van der Waals surface area (Å²) < 4.78 is 28.6. The van der Waals surface area contributed by atoms with E-state index in [1.54, 1.807) is 16.5 Å². The molecule has 2 saturated heterocycles. The lowest BCUT2D eigenvalue weighted by Crippen LogP contribution is -2.35. The van der Waals surface area contributed by atoms with Crippen LogP contribution in [0.15, 0.2) is 17.2 Å². The molecule has 7 nitrogen and oxygen atoms in total. The van der Waals surface area contributed by atoms with Crippen LogP contribution < -0.4 is 5.73 Å². The predicted molar refractivity (Wildman–Crippen MR) is 86.5 cm³/mol. The molecule has 3 heterocycles. The van der Waals surface area contributed by atoms with Crippen molar-refractivity contribution in [2.75, 3.05) is 26.2 Å². The zero-order chi connectivity index (χ0) is 16.6. The first-order chi connectivity index (χ1) is 10.9. The molecule has 1 amide bonds. The molecule has 8 heteroatoms. The van der Waals surface area contributed by atoms with Crippen molar-refractivity contribution < 1.29 is 13.2 Å². The van der Waals surface area contributed by atoms with Crippen LogP contribution in [0.3, 0.4) is 0 Å². The highest BCUT2D eigenvalue weighted by molar-refractivity contribution is 7.89. The van der Waals surface area contributed by atoms with E-state index in [1.165, 1.54) is 16.6 Å². The average molecular weight is 340 g/mol. The van der Waals surface area contributed by atoms with Crippen LogP contribution in [0, 0.1) is 0 Å². The molecular formula is C15H24N4O3S. The molecule has 3 rings (SSSR count). The first kappa shape index (κ1) is 16.5. The second-order valence-electron chi connectivity index (χ2n) is 6.44. The van der Waals surface area contributed by atoms with E-state index in [1.807, 2.05) is 0 Å². The Hall–Kier alpha value is -1.38. The number of likely N-dealkylation sites (tertiary alicyclic amines) is 1. The van der Waals surface area contributed by atoms with Gasteiger partial charge in [-0.15, -0.1) is 0 Å². The minimum atomic E-state index is -3.51. The second-order valence-corrected chi connectivity index (χ2v) is 8.37. The van der Waals surface area contributed by atoms with Gasteiger partial charge < -0.3 is 15.2 Å². The van der Waals surface area contributed by atoms with Crippen LogP contribution in [-0.2, 0) is 17.1 Å². The van der Waals surface area contributed by atoms with Crippen LogP contribution in [-0.4, -0.2) is 60.3 Å². The highest BCUT2D eigenvalue weighted by atomic mass is 32.2. The van der Waals surface area contributed by atoms with E-state index in [0.29, 0.717) is 31.9 Å². The Kier molecular flexibility index (Phi) is 4.48. The van der Waals surface area contributed by atoms with E-state index < -0.39 is 10.0 Å². The molecular weight excluding hydrogens is 316 g/mol. The molecule has 0 spiro atoms. The normalized spacial score (nSPS) is 23.4. The monoisotopic (exact) mass is 340 g/mol. The van der Waals surface area contributed by atoms with Crippen LogP contribution in [0.4, 0.5) is 0 Å². The van der Waals surface area contributed by atoms with E-state index >= 15 is 0 Å². The molecule has 1 aromatic heterocycles. The summed E-state index contributed by atoms with van der Waals surface area (Å²) in [5, 5.41) is 0. The van der Waals surface area contributed by atoms with Gasteiger partial charge in [-0.25, -0.2) is 8.42 Å². The Morgan fingerprint density at radius 2 is 1.91 bits per heavy atom. The molecule has 2 fully saturated rings. The number of aryl methyl sites for hydroxylation is 1. The molecule has 0 aromatic carbocycles. The van der Waals surface area contributed by atoms with E-state index in [4.69, 9.17) is 5.73 Å². The number of aromatic nitrogens is 1. The van der Waals surface area contributed by atoms with Gasteiger partial charge in [0.05, 0.1) is 0 Å². The van der Waals surface area contributed by atoms with Crippen molar-refractivity contribution in [1.82, 2.24) is 13.8 Å². The molecule has 2 aliphatic heterocycles. The van der Waals surface area contributed by atoms with Gasteiger partial charge in [0.25, 0.3) is 5.91 Å². The number of nitrogens with zero attached hydrogens (tertiary/aromatic N) is 3. The van der Waals surface area contributed by atoms with E-state index in [9.17, 15) is 13.2 Å². The van der Waals surface area contributed by atoms with Gasteiger partial charge in [-0.3, -0.25) is 4.79 Å². The predicted octanol–water partition coefficient (Wildman–Crippen LogP) is 0.373. The first-order valence-electron chi connectivity index (χ1n) is 8.11. The second kappa shape index (κ2) is 6.26. The summed E-state index contributed by atoms with van der Waals surface area (Å²) in [5.41, 5.74) is 6.25. The summed E-state index contributed by atoms with van der Waals surface area (Å²) in [6.07, 6.45) is 5.18. The van der Waals surface area contributed by atoms with Crippen molar-refractivity contribution >= 4 is 15.9 Å². The summed E-state index contributed by atoms with van der Waals surface area (Å²) in [5.74, 6) is -0.152. The summed E-state index contributed by atoms with van der Waals surface area (Å²) >= 11 is 0. The quantitative estimate of drug-likeness (QED) is 0.861. The maximum atomic E-state index is 12.7. The SMILES string of the molecule is Cn1cc(S(=O)(=O)N2CCCCC2)cc1C(=O)N1CC[C@@H](N)C1. The largest absolute Gasteiger partial charge is 0.345 e. The highest BCUT2D eigenvalue weighted by Crippen LogP contribution is 2.23. The number of sulfonamides is 1. The van der Waals surface area contributed by atoms with Gasteiger partial charge in [-0.1, -0.05) is 6.42 Å². The van der Waals surface area contributed by atoms with Gasteiger partial charge in [-0.05, 0) is 25.3 Å². The lowest BCUT2D eigenvalue weighted by molar-refractivity contribution is 0.0781. The zero-order valence-electron chi connectivity index (χ0n) is 13.4. The fraction of sp³-hybridized carbons (Fsp3) is 0.667. The smallest absolute Gasteiger partial charge is 0.270 e. The molecule has 0 unspecified atom stereocenters. The number of hydrogen-bond donors (Lipinski definition) is 1. The molecule has 1 atom stereocenters. The highest BCUT2D eigenvalue weighted by Gasteiger charge is 2.31. The Bertz CT molecular complexity index is 692. The number of carbonyl (C=O) groups excluding carboxylic acids is 1. The number of nitrogens with two attached hydrogens (primary N) is 1. The summed E-state index contributed by atoms with van der Waals surface area (Å²) in [6.45, 7) is 2.26. The van der Waals surface area contributed by atoms with Crippen molar-refractivity contribution in [2.24, 2.45) is 12.8 Å². The third-order valence-corrected chi connectivity index (χ3v) is 6.53. The summed E-state index contributed by atoms with van der Waals surface area (Å²) in [4.78, 5) is 14.5. The minimum Gasteiger partial charge on any atom is -0.345 e. The van der Waals surface area contributed by atoms with E-state index in [2.05, 4.69) is 0 Å². The number of rotatable bonds is 3. The Morgan fingerprint density at radius 1 is 1.22 bits per heavy atom. The molecule has 0 aliphatic carbocycles. The first-order valence-corrected chi connectivity index (χ1v) is 9.55. The van der Waals surface area contributed by atoms with Crippen molar-refractivity contribution in [3.63, 3.8) is 0 Å². The van der Waals surface area contributed by atoms with Crippen molar-refractivity contribution in [3.05, 3.63) is 18.0 Å². The van der Waals surface area contributed by atoms with Crippen LogP contribution in [0.1, 0.15) is 36.2 Å². The van der Waals surface area contributed by atoms with Gasteiger partial charge >= 0.3 is 0 Å². The van der Waals surface area contributed by atoms with E-state index in [-0.39, 0.29) is 16.8 Å². The molecule has 2 aliphatic rings. The number of carbonyl (C=O) groups is 1. The van der Waals surface area contributed by atoms with Crippen LogP contribution >= 0.6 is 0 Å². The van der Waals surface area contributed by atoms with Crippen LogP contribution in [0.5, 0.6) is 0 Å². The molecule has 0 saturated carbocycles. The maximum Gasteiger partial charge on any atom is 0.270 e. The van der Waals surface area contributed by atoms with Crippen molar-refractivity contribution in [1.29, 1.82) is 0 Å². The fourth-order valence-electron chi connectivity index (χ4n) is 3.28. The number of amides is 1.